The van der Waals surface area contributed by atoms with Crippen LogP contribution in [0.15, 0.2) is 24.3 Å². The highest BCUT2D eigenvalue weighted by atomic mass is 16.3. The maximum absolute atomic E-state index is 8.86. The standard InChI is InChI=1S/C15H24N2O/c1-2-13-5-7-15(8-6-13)17-10-3-4-14(12-17)16-9-11-18/h5-8,14,16,18H,2-4,9-12H2,1H3. The molecule has 2 rings (SSSR count). The summed E-state index contributed by atoms with van der Waals surface area (Å²) in [5.41, 5.74) is 2.72. The minimum Gasteiger partial charge on any atom is -0.395 e. The molecule has 1 aromatic carbocycles. The van der Waals surface area contributed by atoms with Gasteiger partial charge in [-0.15, -0.1) is 0 Å². The van der Waals surface area contributed by atoms with Gasteiger partial charge in [0.2, 0.25) is 0 Å². The number of rotatable bonds is 5. The Kier molecular flexibility index (Phi) is 5.02. The van der Waals surface area contributed by atoms with E-state index in [1.54, 1.807) is 0 Å². The van der Waals surface area contributed by atoms with Crippen molar-refractivity contribution in [3.63, 3.8) is 0 Å². The van der Waals surface area contributed by atoms with Crippen LogP contribution < -0.4 is 10.2 Å². The van der Waals surface area contributed by atoms with E-state index in [1.165, 1.54) is 24.1 Å². The minimum atomic E-state index is 0.224. The van der Waals surface area contributed by atoms with Crippen LogP contribution in [0.5, 0.6) is 0 Å². The van der Waals surface area contributed by atoms with E-state index >= 15 is 0 Å². The molecule has 18 heavy (non-hydrogen) atoms. The van der Waals surface area contributed by atoms with E-state index < -0.39 is 0 Å². The molecule has 0 radical (unpaired) electrons. The van der Waals surface area contributed by atoms with Crippen LogP contribution in [0.3, 0.4) is 0 Å². The fourth-order valence-electron chi connectivity index (χ4n) is 2.59. The number of aryl methyl sites for hydroxylation is 1. The van der Waals surface area contributed by atoms with Gasteiger partial charge in [-0.2, -0.15) is 0 Å². The Hall–Kier alpha value is -1.06. The smallest absolute Gasteiger partial charge is 0.0556 e. The summed E-state index contributed by atoms with van der Waals surface area (Å²) in [4.78, 5) is 2.44. The third-order valence-electron chi connectivity index (χ3n) is 3.68. The zero-order valence-electron chi connectivity index (χ0n) is 11.2. The van der Waals surface area contributed by atoms with Gasteiger partial charge in [-0.1, -0.05) is 19.1 Å². The van der Waals surface area contributed by atoms with Crippen LogP contribution in [-0.2, 0) is 6.42 Å². The molecule has 3 heteroatoms. The number of nitrogens with one attached hydrogen (secondary N) is 1. The van der Waals surface area contributed by atoms with Crippen molar-refractivity contribution in [3.8, 4) is 0 Å². The Labute approximate surface area is 110 Å². The number of benzene rings is 1. The van der Waals surface area contributed by atoms with Gasteiger partial charge in [-0.3, -0.25) is 0 Å². The van der Waals surface area contributed by atoms with Crippen molar-refractivity contribution in [2.24, 2.45) is 0 Å². The highest BCUT2D eigenvalue weighted by Gasteiger charge is 2.19. The van der Waals surface area contributed by atoms with E-state index in [9.17, 15) is 0 Å². The third kappa shape index (κ3) is 3.47. The highest BCUT2D eigenvalue weighted by Crippen LogP contribution is 2.20. The lowest BCUT2D eigenvalue weighted by atomic mass is 10.0. The molecule has 1 saturated heterocycles. The van der Waals surface area contributed by atoms with E-state index in [0.29, 0.717) is 12.6 Å². The summed E-state index contributed by atoms with van der Waals surface area (Å²) in [5.74, 6) is 0. The van der Waals surface area contributed by atoms with Crippen LogP contribution in [0.2, 0.25) is 0 Å². The Bertz CT molecular complexity index is 350. The largest absolute Gasteiger partial charge is 0.395 e. The average molecular weight is 248 g/mol. The fourth-order valence-corrected chi connectivity index (χ4v) is 2.59. The fraction of sp³-hybridized carbons (Fsp3) is 0.600. The van der Waals surface area contributed by atoms with E-state index in [-0.39, 0.29) is 6.61 Å². The molecule has 1 fully saturated rings. The van der Waals surface area contributed by atoms with Gasteiger partial charge in [0.05, 0.1) is 6.61 Å². The van der Waals surface area contributed by atoms with E-state index in [2.05, 4.69) is 41.4 Å². The summed E-state index contributed by atoms with van der Waals surface area (Å²) >= 11 is 0. The second kappa shape index (κ2) is 6.76. The van der Waals surface area contributed by atoms with Crippen molar-refractivity contribution in [1.29, 1.82) is 0 Å². The van der Waals surface area contributed by atoms with Crippen molar-refractivity contribution in [3.05, 3.63) is 29.8 Å². The highest BCUT2D eigenvalue weighted by molar-refractivity contribution is 5.48. The Morgan fingerprint density at radius 3 is 2.78 bits per heavy atom. The van der Waals surface area contributed by atoms with Crippen LogP contribution in [0.4, 0.5) is 5.69 Å². The first kappa shape index (κ1) is 13.4. The quantitative estimate of drug-likeness (QED) is 0.834. The van der Waals surface area contributed by atoms with Gasteiger partial charge in [-0.05, 0) is 37.0 Å². The summed E-state index contributed by atoms with van der Waals surface area (Å²) < 4.78 is 0. The van der Waals surface area contributed by atoms with Crippen LogP contribution in [-0.4, -0.2) is 37.4 Å². The Balaban J connectivity index is 1.94. The van der Waals surface area contributed by atoms with Crippen molar-refractivity contribution in [1.82, 2.24) is 5.32 Å². The van der Waals surface area contributed by atoms with Gasteiger partial charge < -0.3 is 15.3 Å². The molecule has 3 nitrogen and oxygen atoms in total. The molecule has 1 aliphatic heterocycles. The average Bonchev–Trinajstić information content (AvgIpc) is 2.45. The zero-order chi connectivity index (χ0) is 12.8. The van der Waals surface area contributed by atoms with Crippen molar-refractivity contribution in [2.45, 2.75) is 32.2 Å². The normalized spacial score (nSPS) is 20.1. The molecule has 0 amide bonds. The van der Waals surface area contributed by atoms with Crippen LogP contribution in [0.1, 0.15) is 25.3 Å². The maximum atomic E-state index is 8.86. The molecule has 2 N–H and O–H groups in total. The predicted octanol–water partition coefficient (Wildman–Crippen LogP) is 1.80. The summed E-state index contributed by atoms with van der Waals surface area (Å²) in [6.45, 7) is 5.30. The van der Waals surface area contributed by atoms with E-state index in [0.717, 1.165) is 19.5 Å². The molecule has 100 valence electrons. The maximum Gasteiger partial charge on any atom is 0.0556 e. The molecule has 0 spiro atoms. The number of aliphatic hydroxyl groups excluding tert-OH is 1. The minimum absolute atomic E-state index is 0.224. The molecule has 0 bridgehead atoms. The number of anilines is 1. The van der Waals surface area contributed by atoms with Crippen molar-refractivity contribution < 1.29 is 5.11 Å². The zero-order valence-corrected chi connectivity index (χ0v) is 11.2. The van der Waals surface area contributed by atoms with Gasteiger partial charge in [0.25, 0.3) is 0 Å². The van der Waals surface area contributed by atoms with Gasteiger partial charge >= 0.3 is 0 Å². The molecular weight excluding hydrogens is 224 g/mol. The molecule has 0 aliphatic carbocycles. The lowest BCUT2D eigenvalue weighted by molar-refractivity contribution is 0.278. The van der Waals surface area contributed by atoms with Crippen LogP contribution in [0.25, 0.3) is 0 Å². The number of aliphatic hydroxyl groups is 1. The SMILES string of the molecule is CCc1ccc(N2CCCC(NCCO)C2)cc1. The lowest BCUT2D eigenvalue weighted by Gasteiger charge is -2.35. The molecule has 1 aromatic rings. The summed E-state index contributed by atoms with van der Waals surface area (Å²) in [6, 6.07) is 9.41. The molecule has 1 atom stereocenters. The number of hydrogen-bond donors (Lipinski definition) is 2. The second-order valence-electron chi connectivity index (χ2n) is 4.98. The van der Waals surface area contributed by atoms with Gasteiger partial charge in [0.15, 0.2) is 0 Å². The molecular formula is C15H24N2O. The second-order valence-corrected chi connectivity index (χ2v) is 4.98. The molecule has 0 saturated carbocycles. The Morgan fingerprint density at radius 2 is 2.11 bits per heavy atom. The van der Waals surface area contributed by atoms with E-state index in [1.807, 2.05) is 0 Å². The first-order valence-electron chi connectivity index (χ1n) is 7.01. The molecule has 1 heterocycles. The number of hydrogen-bond acceptors (Lipinski definition) is 3. The van der Waals surface area contributed by atoms with Gasteiger partial charge in [-0.25, -0.2) is 0 Å². The first-order chi connectivity index (χ1) is 8.83. The van der Waals surface area contributed by atoms with Crippen LogP contribution in [0, 0.1) is 0 Å². The van der Waals surface area contributed by atoms with Crippen molar-refractivity contribution >= 4 is 5.69 Å². The monoisotopic (exact) mass is 248 g/mol. The topological polar surface area (TPSA) is 35.5 Å². The van der Waals surface area contributed by atoms with E-state index in [4.69, 9.17) is 5.11 Å². The summed E-state index contributed by atoms with van der Waals surface area (Å²) in [6.07, 6.45) is 3.53. The van der Waals surface area contributed by atoms with Crippen LogP contribution >= 0.6 is 0 Å². The summed E-state index contributed by atoms with van der Waals surface area (Å²) in [5, 5.41) is 12.3. The van der Waals surface area contributed by atoms with Gasteiger partial charge in [0, 0.05) is 31.4 Å². The van der Waals surface area contributed by atoms with Gasteiger partial charge in [0.1, 0.15) is 0 Å². The lowest BCUT2D eigenvalue weighted by Crippen LogP contribution is -2.46. The molecule has 1 aliphatic rings. The number of piperidine rings is 1. The Morgan fingerprint density at radius 1 is 1.33 bits per heavy atom. The molecule has 1 unspecified atom stereocenters. The predicted molar refractivity (Wildman–Crippen MR) is 76.1 cm³/mol. The third-order valence-corrected chi connectivity index (χ3v) is 3.68. The van der Waals surface area contributed by atoms with Crippen molar-refractivity contribution in [2.75, 3.05) is 31.1 Å². The molecule has 0 aromatic heterocycles. The number of nitrogens with zero attached hydrogens (tertiary/aromatic N) is 1. The first-order valence-corrected chi connectivity index (χ1v) is 7.01. The summed E-state index contributed by atoms with van der Waals surface area (Å²) in [7, 11) is 0.